The molecular formula is C19H26N4O2. The van der Waals surface area contributed by atoms with Crippen molar-refractivity contribution in [1.29, 1.82) is 0 Å². The van der Waals surface area contributed by atoms with Crippen LogP contribution in [0.3, 0.4) is 0 Å². The number of nitrogens with zero attached hydrogens (tertiary/aromatic N) is 3. The quantitative estimate of drug-likeness (QED) is 0.901. The highest BCUT2D eigenvalue weighted by Crippen LogP contribution is 2.21. The van der Waals surface area contributed by atoms with Gasteiger partial charge in [-0.1, -0.05) is 19.0 Å². The number of nitrogens with one attached hydrogen (secondary N) is 1. The molecule has 3 rings (SSSR count). The number of hydrogen-bond acceptors (Lipinski definition) is 5. The molecule has 1 aromatic heterocycles. The first kappa shape index (κ1) is 17.5. The van der Waals surface area contributed by atoms with E-state index in [4.69, 9.17) is 4.52 Å². The van der Waals surface area contributed by atoms with Crippen LogP contribution in [0.25, 0.3) is 0 Å². The standard InChI is InChI=1S/C19H26N4O2/c1-4-17-21-18(25-22-17)11-20-16-8-7-15(10-14(16)3)19(24)23-9-5-6-13(2)12-23/h7-8,10,13,20H,4-6,9,11-12H2,1-3H3/t13-/m1/s1. The molecule has 1 saturated heterocycles. The minimum Gasteiger partial charge on any atom is -0.376 e. The van der Waals surface area contributed by atoms with E-state index in [1.54, 1.807) is 0 Å². The largest absolute Gasteiger partial charge is 0.376 e. The maximum atomic E-state index is 12.7. The van der Waals surface area contributed by atoms with Crippen molar-refractivity contribution in [3.8, 4) is 0 Å². The maximum Gasteiger partial charge on any atom is 0.253 e. The number of aryl methyl sites for hydroxylation is 2. The molecule has 0 spiro atoms. The van der Waals surface area contributed by atoms with Crippen molar-refractivity contribution in [2.75, 3.05) is 18.4 Å². The molecule has 1 fully saturated rings. The molecule has 6 heteroatoms. The predicted octanol–water partition coefficient (Wildman–Crippen LogP) is 3.42. The van der Waals surface area contributed by atoms with E-state index >= 15 is 0 Å². The SMILES string of the molecule is CCc1noc(CNc2ccc(C(=O)N3CCC[C@@H](C)C3)cc2C)n1. The zero-order valence-electron chi connectivity index (χ0n) is 15.2. The summed E-state index contributed by atoms with van der Waals surface area (Å²) in [7, 11) is 0. The van der Waals surface area contributed by atoms with Crippen LogP contribution in [0.1, 0.15) is 54.3 Å². The van der Waals surface area contributed by atoms with E-state index < -0.39 is 0 Å². The fourth-order valence-corrected chi connectivity index (χ4v) is 3.23. The molecule has 1 aromatic carbocycles. The van der Waals surface area contributed by atoms with Crippen molar-refractivity contribution in [2.45, 2.75) is 46.6 Å². The molecule has 0 bridgehead atoms. The van der Waals surface area contributed by atoms with Gasteiger partial charge in [-0.2, -0.15) is 4.98 Å². The van der Waals surface area contributed by atoms with Crippen LogP contribution in [0, 0.1) is 12.8 Å². The first-order chi connectivity index (χ1) is 12.1. The third-order valence-electron chi connectivity index (χ3n) is 4.67. The van der Waals surface area contributed by atoms with Gasteiger partial charge >= 0.3 is 0 Å². The van der Waals surface area contributed by atoms with E-state index in [2.05, 4.69) is 22.4 Å². The summed E-state index contributed by atoms with van der Waals surface area (Å²) in [5.74, 6) is 2.00. The molecular weight excluding hydrogens is 316 g/mol. The number of rotatable bonds is 5. The molecule has 0 radical (unpaired) electrons. The number of aromatic nitrogens is 2. The first-order valence-electron chi connectivity index (χ1n) is 9.02. The number of carbonyl (C=O) groups excluding carboxylic acids is 1. The lowest BCUT2D eigenvalue weighted by Gasteiger charge is -2.31. The third kappa shape index (κ3) is 4.18. The molecule has 25 heavy (non-hydrogen) atoms. The molecule has 0 unspecified atom stereocenters. The highest BCUT2D eigenvalue weighted by Gasteiger charge is 2.22. The van der Waals surface area contributed by atoms with E-state index in [0.29, 0.717) is 24.2 Å². The van der Waals surface area contributed by atoms with Gasteiger partial charge in [0.2, 0.25) is 5.89 Å². The van der Waals surface area contributed by atoms with Gasteiger partial charge in [-0.05, 0) is 49.4 Å². The van der Waals surface area contributed by atoms with E-state index in [9.17, 15) is 4.79 Å². The van der Waals surface area contributed by atoms with Gasteiger partial charge in [0.1, 0.15) is 0 Å². The second-order valence-corrected chi connectivity index (χ2v) is 6.84. The fraction of sp³-hybridized carbons (Fsp3) is 0.526. The first-order valence-corrected chi connectivity index (χ1v) is 9.02. The summed E-state index contributed by atoms with van der Waals surface area (Å²) >= 11 is 0. The second kappa shape index (κ2) is 7.68. The molecule has 0 saturated carbocycles. The fourth-order valence-electron chi connectivity index (χ4n) is 3.23. The zero-order chi connectivity index (χ0) is 17.8. The maximum absolute atomic E-state index is 12.7. The van der Waals surface area contributed by atoms with E-state index in [1.807, 2.05) is 36.9 Å². The highest BCUT2D eigenvalue weighted by molar-refractivity contribution is 5.95. The lowest BCUT2D eigenvalue weighted by molar-refractivity contribution is 0.0683. The van der Waals surface area contributed by atoms with Crippen molar-refractivity contribution in [3.63, 3.8) is 0 Å². The van der Waals surface area contributed by atoms with Gasteiger partial charge in [0.15, 0.2) is 5.82 Å². The smallest absolute Gasteiger partial charge is 0.253 e. The van der Waals surface area contributed by atoms with Crippen LogP contribution in [0.2, 0.25) is 0 Å². The third-order valence-corrected chi connectivity index (χ3v) is 4.67. The Labute approximate surface area is 148 Å². The van der Waals surface area contributed by atoms with Gasteiger partial charge in [0, 0.05) is 30.8 Å². The monoisotopic (exact) mass is 342 g/mol. The molecule has 2 aromatic rings. The van der Waals surface area contributed by atoms with Crippen LogP contribution in [-0.4, -0.2) is 34.0 Å². The highest BCUT2D eigenvalue weighted by atomic mass is 16.5. The minimum atomic E-state index is 0.130. The molecule has 0 aliphatic carbocycles. The Hall–Kier alpha value is -2.37. The average Bonchev–Trinajstić information content (AvgIpc) is 3.08. The average molecular weight is 342 g/mol. The zero-order valence-corrected chi connectivity index (χ0v) is 15.2. The number of benzene rings is 1. The van der Waals surface area contributed by atoms with E-state index in [1.165, 1.54) is 6.42 Å². The minimum absolute atomic E-state index is 0.130. The van der Waals surface area contributed by atoms with Crippen LogP contribution in [0.4, 0.5) is 5.69 Å². The lowest BCUT2D eigenvalue weighted by Crippen LogP contribution is -2.39. The van der Waals surface area contributed by atoms with Gasteiger partial charge in [-0.3, -0.25) is 4.79 Å². The van der Waals surface area contributed by atoms with Crippen LogP contribution in [0.5, 0.6) is 0 Å². The van der Waals surface area contributed by atoms with Crippen molar-refractivity contribution < 1.29 is 9.32 Å². The van der Waals surface area contributed by atoms with Crippen LogP contribution < -0.4 is 5.32 Å². The summed E-state index contributed by atoms with van der Waals surface area (Å²) in [5.41, 5.74) is 2.76. The number of carbonyl (C=O) groups is 1. The Bertz CT molecular complexity index is 741. The Morgan fingerprint density at radius 3 is 2.96 bits per heavy atom. The van der Waals surface area contributed by atoms with Gasteiger partial charge in [-0.15, -0.1) is 0 Å². The Morgan fingerprint density at radius 1 is 1.44 bits per heavy atom. The molecule has 1 aliphatic heterocycles. The van der Waals surface area contributed by atoms with E-state index in [0.717, 1.165) is 42.7 Å². The number of piperidine rings is 1. The van der Waals surface area contributed by atoms with Crippen molar-refractivity contribution in [3.05, 3.63) is 41.0 Å². The summed E-state index contributed by atoms with van der Waals surface area (Å²) < 4.78 is 5.18. The summed E-state index contributed by atoms with van der Waals surface area (Å²) in [4.78, 5) is 19.0. The molecule has 1 aliphatic rings. The predicted molar refractivity (Wildman–Crippen MR) is 96.5 cm³/mol. The number of amides is 1. The number of likely N-dealkylation sites (tertiary alicyclic amines) is 1. The van der Waals surface area contributed by atoms with Gasteiger partial charge < -0.3 is 14.7 Å². The topological polar surface area (TPSA) is 71.3 Å². The van der Waals surface area contributed by atoms with Gasteiger partial charge in [0.25, 0.3) is 5.91 Å². The molecule has 2 heterocycles. The summed E-state index contributed by atoms with van der Waals surface area (Å²) in [6.45, 7) is 8.40. The number of anilines is 1. The normalized spacial score (nSPS) is 17.6. The number of hydrogen-bond donors (Lipinski definition) is 1. The molecule has 1 atom stereocenters. The Morgan fingerprint density at radius 2 is 2.28 bits per heavy atom. The summed E-state index contributed by atoms with van der Waals surface area (Å²) in [5, 5.41) is 7.19. The Kier molecular flexibility index (Phi) is 5.36. The molecule has 1 N–H and O–H groups in total. The van der Waals surface area contributed by atoms with Crippen LogP contribution in [0.15, 0.2) is 22.7 Å². The Balaban J connectivity index is 1.64. The van der Waals surface area contributed by atoms with Gasteiger partial charge in [-0.25, -0.2) is 0 Å². The van der Waals surface area contributed by atoms with Crippen LogP contribution >= 0.6 is 0 Å². The second-order valence-electron chi connectivity index (χ2n) is 6.84. The molecule has 134 valence electrons. The van der Waals surface area contributed by atoms with Crippen molar-refractivity contribution in [2.24, 2.45) is 5.92 Å². The van der Waals surface area contributed by atoms with E-state index in [-0.39, 0.29) is 5.91 Å². The molecule has 6 nitrogen and oxygen atoms in total. The summed E-state index contributed by atoms with van der Waals surface area (Å²) in [6, 6.07) is 5.80. The van der Waals surface area contributed by atoms with Gasteiger partial charge in [0.05, 0.1) is 6.54 Å². The summed E-state index contributed by atoms with van der Waals surface area (Å²) in [6.07, 6.45) is 3.06. The molecule has 1 amide bonds. The lowest BCUT2D eigenvalue weighted by atomic mass is 9.99. The van der Waals surface area contributed by atoms with Crippen molar-refractivity contribution >= 4 is 11.6 Å². The van der Waals surface area contributed by atoms with Crippen molar-refractivity contribution in [1.82, 2.24) is 15.0 Å². The van der Waals surface area contributed by atoms with Crippen LogP contribution in [-0.2, 0) is 13.0 Å².